The smallest absolute Gasteiger partial charge is 0.164 e. The third-order valence-electron chi connectivity index (χ3n) is 21.4. The van der Waals surface area contributed by atoms with Crippen molar-refractivity contribution in [3.63, 3.8) is 0 Å². The van der Waals surface area contributed by atoms with E-state index in [0.29, 0.717) is 34.9 Å². The number of benzene rings is 18. The summed E-state index contributed by atoms with van der Waals surface area (Å²) in [5, 5.41) is 15.5. The van der Waals surface area contributed by atoms with Gasteiger partial charge in [0, 0.05) is 33.4 Å². The van der Waals surface area contributed by atoms with Crippen molar-refractivity contribution in [2.75, 3.05) is 0 Å². The quantitative estimate of drug-likeness (QED) is 0.113. The third-order valence-corrected chi connectivity index (χ3v) is 21.4. The number of aromatic nitrogens is 6. The molecule has 0 N–H and O–H groups in total. The normalized spacial score (nSPS) is 11.4. The standard InChI is InChI=1S/C53H37N3.C52H35N3/c1-34-22-25-45-48-28-35(2)23-26-46(48)50-33-43(24-27-47(50)49(45)29-34)41-19-10-17-39(31-41)38-16-9-18-40(30-38)42-20-11-21-44(32-42)53-55-51(36-12-5-3-6-13-36)54-52(56-53)37-14-7-4-8-15-37;1-34-28-30-45-46-31-29-37(33-49(46)44-26-13-12-25-43(44)48(45)32-34)38-20-8-9-21-39(38)40-22-10-11-23-41(40)42-24-14-15-27-47(42)52-54-50(35-16-4-2-5-17-35)53-51(55-52)36-18-6-3-7-19-36/h3-33H,1-2H3;2-33H,1H3. The van der Waals surface area contributed by atoms with Gasteiger partial charge in [0.05, 0.1) is 0 Å². The van der Waals surface area contributed by atoms with Crippen LogP contribution in [0.2, 0.25) is 0 Å². The first-order valence-corrected chi connectivity index (χ1v) is 37.8. The molecule has 2 aromatic heterocycles. The molecule has 0 aliphatic carbocycles. The molecule has 0 atom stereocenters. The van der Waals surface area contributed by atoms with E-state index in [0.717, 1.165) is 66.8 Å². The zero-order valence-electron chi connectivity index (χ0n) is 61.6. The minimum atomic E-state index is 0.634. The molecule has 0 amide bonds. The summed E-state index contributed by atoms with van der Waals surface area (Å²) >= 11 is 0. The molecule has 0 unspecified atom stereocenters. The monoisotopic (exact) mass is 1420 g/mol. The first kappa shape index (κ1) is 67.2. The molecule has 522 valence electrons. The summed E-state index contributed by atoms with van der Waals surface area (Å²) in [6.45, 7) is 6.52. The predicted molar refractivity (Wildman–Crippen MR) is 464 cm³/mol. The minimum Gasteiger partial charge on any atom is -0.208 e. The summed E-state index contributed by atoms with van der Waals surface area (Å²) in [5.41, 5.74) is 23.3. The lowest BCUT2D eigenvalue weighted by Crippen LogP contribution is -2.01. The van der Waals surface area contributed by atoms with Crippen LogP contribution < -0.4 is 0 Å². The van der Waals surface area contributed by atoms with Crippen LogP contribution in [0.3, 0.4) is 0 Å². The number of rotatable bonds is 12. The number of hydrogen-bond donors (Lipinski definition) is 0. The van der Waals surface area contributed by atoms with Crippen LogP contribution in [0.15, 0.2) is 382 Å². The van der Waals surface area contributed by atoms with Gasteiger partial charge in [-0.3, -0.25) is 0 Å². The summed E-state index contributed by atoms with van der Waals surface area (Å²) < 4.78 is 0. The minimum absolute atomic E-state index is 0.634. The fourth-order valence-corrected chi connectivity index (χ4v) is 15.9. The van der Waals surface area contributed by atoms with Gasteiger partial charge >= 0.3 is 0 Å². The van der Waals surface area contributed by atoms with Crippen LogP contribution in [0.1, 0.15) is 16.7 Å². The Kier molecular flexibility index (Phi) is 17.6. The Hall–Kier alpha value is -14.5. The highest BCUT2D eigenvalue weighted by Gasteiger charge is 2.22. The molecule has 0 saturated heterocycles. The van der Waals surface area contributed by atoms with E-state index in [4.69, 9.17) is 29.9 Å². The fraction of sp³-hybridized carbons (Fsp3) is 0.0286. The molecule has 2 heterocycles. The lowest BCUT2D eigenvalue weighted by atomic mass is 9.86. The van der Waals surface area contributed by atoms with E-state index in [-0.39, 0.29) is 0 Å². The number of fused-ring (bicyclic) bond motifs is 12. The van der Waals surface area contributed by atoms with Crippen molar-refractivity contribution in [3.8, 4) is 135 Å². The van der Waals surface area contributed by atoms with Crippen LogP contribution >= 0.6 is 0 Å². The van der Waals surface area contributed by atoms with Crippen molar-refractivity contribution in [1.82, 2.24) is 29.9 Å². The second-order valence-electron chi connectivity index (χ2n) is 28.7. The van der Waals surface area contributed by atoms with Crippen LogP contribution in [0.4, 0.5) is 0 Å². The molecule has 6 heteroatoms. The maximum absolute atomic E-state index is 5.11. The van der Waals surface area contributed by atoms with Gasteiger partial charge in [0.15, 0.2) is 34.9 Å². The fourth-order valence-electron chi connectivity index (χ4n) is 15.9. The third kappa shape index (κ3) is 13.1. The molecule has 0 spiro atoms. The summed E-state index contributed by atoms with van der Waals surface area (Å²) in [5.74, 6) is 3.87. The van der Waals surface area contributed by atoms with Crippen LogP contribution in [0.5, 0.6) is 0 Å². The maximum atomic E-state index is 5.11. The molecule has 111 heavy (non-hydrogen) atoms. The highest BCUT2D eigenvalue weighted by Crippen LogP contribution is 2.45. The lowest BCUT2D eigenvalue weighted by molar-refractivity contribution is 1.07. The number of hydrogen-bond acceptors (Lipinski definition) is 6. The van der Waals surface area contributed by atoms with E-state index >= 15 is 0 Å². The van der Waals surface area contributed by atoms with E-state index in [2.05, 4.69) is 282 Å². The second kappa shape index (κ2) is 29.0. The molecule has 0 bridgehead atoms. The summed E-state index contributed by atoms with van der Waals surface area (Å²) in [6, 6.07) is 136. The summed E-state index contributed by atoms with van der Waals surface area (Å²) in [6.07, 6.45) is 0. The van der Waals surface area contributed by atoms with Crippen molar-refractivity contribution < 1.29 is 0 Å². The van der Waals surface area contributed by atoms with Crippen LogP contribution in [-0.4, -0.2) is 29.9 Å². The molecule has 6 nitrogen and oxygen atoms in total. The summed E-state index contributed by atoms with van der Waals surface area (Å²) in [4.78, 5) is 30.0. The van der Waals surface area contributed by atoms with Crippen molar-refractivity contribution in [2.45, 2.75) is 20.8 Å². The van der Waals surface area contributed by atoms with E-state index in [9.17, 15) is 0 Å². The molecular weight excluding hydrogens is 1350 g/mol. The van der Waals surface area contributed by atoms with Gasteiger partial charge in [-0.05, 0) is 182 Å². The molecule has 0 fully saturated rings. The van der Waals surface area contributed by atoms with Gasteiger partial charge < -0.3 is 0 Å². The Morgan fingerprint density at radius 3 is 0.739 bits per heavy atom. The topological polar surface area (TPSA) is 77.3 Å². The maximum Gasteiger partial charge on any atom is 0.164 e. The SMILES string of the molecule is Cc1ccc2c(c1)c1ccc(C)cc1c1ccc(-c3cccc(-c4cccc(-c5cccc(-c6nc(-c7ccccc7)nc(-c7ccccc7)n6)c5)c4)c3)cc21.Cc1ccc2c3ccc(-c4ccccc4-c4ccccc4-c4ccccc4-c4nc(-c5ccccc5)nc(-c5ccccc5)n4)cc3c3ccccc3c2c1. The van der Waals surface area contributed by atoms with E-state index < -0.39 is 0 Å². The largest absolute Gasteiger partial charge is 0.208 e. The van der Waals surface area contributed by atoms with Crippen LogP contribution in [-0.2, 0) is 0 Å². The van der Waals surface area contributed by atoms with Gasteiger partial charge in [-0.2, -0.15) is 0 Å². The van der Waals surface area contributed by atoms with Crippen molar-refractivity contribution in [2.24, 2.45) is 0 Å². The zero-order valence-corrected chi connectivity index (χ0v) is 61.6. The Morgan fingerprint density at radius 2 is 0.351 bits per heavy atom. The molecule has 0 aliphatic rings. The number of aryl methyl sites for hydroxylation is 3. The van der Waals surface area contributed by atoms with Gasteiger partial charge in [0.1, 0.15) is 0 Å². The average molecular weight is 1420 g/mol. The lowest BCUT2D eigenvalue weighted by Gasteiger charge is -2.18. The number of nitrogens with zero attached hydrogens (tertiary/aromatic N) is 6. The molecule has 18 aromatic carbocycles. The second-order valence-corrected chi connectivity index (χ2v) is 28.7. The van der Waals surface area contributed by atoms with Crippen LogP contribution in [0, 0.1) is 20.8 Å². The molecule has 0 saturated carbocycles. The van der Waals surface area contributed by atoms with E-state index in [1.807, 2.05) is 121 Å². The van der Waals surface area contributed by atoms with Gasteiger partial charge in [-0.1, -0.05) is 369 Å². The van der Waals surface area contributed by atoms with Gasteiger partial charge in [0.2, 0.25) is 0 Å². The van der Waals surface area contributed by atoms with Gasteiger partial charge in [0.25, 0.3) is 0 Å². The summed E-state index contributed by atoms with van der Waals surface area (Å²) in [7, 11) is 0. The Balaban J connectivity index is 0.000000150. The first-order chi connectivity index (χ1) is 54.7. The highest BCUT2D eigenvalue weighted by molar-refractivity contribution is 6.27. The van der Waals surface area contributed by atoms with Gasteiger partial charge in [-0.15, -0.1) is 0 Å². The van der Waals surface area contributed by atoms with Crippen molar-refractivity contribution in [3.05, 3.63) is 399 Å². The Morgan fingerprint density at radius 1 is 0.126 bits per heavy atom. The molecule has 20 rings (SSSR count). The first-order valence-electron chi connectivity index (χ1n) is 37.8. The van der Waals surface area contributed by atoms with Crippen molar-refractivity contribution >= 4 is 64.6 Å². The predicted octanol–water partition coefficient (Wildman–Crippen LogP) is 27.6. The molecule has 20 aromatic rings. The molecule has 0 aliphatic heterocycles. The van der Waals surface area contributed by atoms with E-state index in [1.54, 1.807) is 0 Å². The zero-order chi connectivity index (χ0) is 74.3. The molecule has 0 radical (unpaired) electrons. The van der Waals surface area contributed by atoms with E-state index in [1.165, 1.54) is 115 Å². The Labute approximate surface area is 645 Å². The van der Waals surface area contributed by atoms with Crippen LogP contribution in [0.25, 0.3) is 200 Å². The Bertz CT molecular complexity index is 6800. The van der Waals surface area contributed by atoms with Gasteiger partial charge in [-0.25, -0.2) is 29.9 Å². The molecular formula is C105H72N6. The highest BCUT2D eigenvalue weighted by atomic mass is 15.0. The van der Waals surface area contributed by atoms with Crippen molar-refractivity contribution in [1.29, 1.82) is 0 Å². The average Bonchev–Trinajstić information content (AvgIpc) is 0.740.